The molecule has 6 rings (SSSR count). The van der Waals surface area contributed by atoms with E-state index in [4.69, 9.17) is 14.2 Å². The van der Waals surface area contributed by atoms with E-state index in [1.54, 1.807) is 25.2 Å². The van der Waals surface area contributed by atoms with Crippen LogP contribution in [0.25, 0.3) is 0 Å². The second-order valence-electron chi connectivity index (χ2n) is 17.6. The number of ether oxygens (including phenoxy) is 3. The number of hydrogen-bond donors (Lipinski definition) is 3. The predicted octanol–water partition coefficient (Wildman–Crippen LogP) is 11.5. The fourth-order valence-electron chi connectivity index (χ4n) is 5.62. The molecule has 15 heteroatoms. The van der Waals surface area contributed by atoms with E-state index < -0.39 is 35.1 Å². The van der Waals surface area contributed by atoms with E-state index in [9.17, 15) is 14.4 Å². The van der Waals surface area contributed by atoms with E-state index >= 15 is 0 Å². The van der Waals surface area contributed by atoms with Gasteiger partial charge in [-0.25, -0.2) is 29.3 Å². The number of rotatable bonds is 9. The third-order valence-electron chi connectivity index (χ3n) is 8.04. The molecule has 64 heavy (non-hydrogen) atoms. The van der Waals surface area contributed by atoms with Crippen molar-refractivity contribution in [2.45, 2.75) is 126 Å². The number of carbonyl (C=O) groups is 3. The van der Waals surface area contributed by atoms with Gasteiger partial charge < -0.3 is 27.9 Å². The Hall–Kier alpha value is -6.90. The third kappa shape index (κ3) is 20.8. The summed E-state index contributed by atoms with van der Waals surface area (Å²) in [5.74, 6) is 0. The fourth-order valence-corrected chi connectivity index (χ4v) is 5.62. The zero-order valence-corrected chi connectivity index (χ0v) is 39.7. The summed E-state index contributed by atoms with van der Waals surface area (Å²) < 4.78 is 21.7. The van der Waals surface area contributed by atoms with Crippen LogP contribution >= 0.6 is 0 Å². The summed E-state index contributed by atoms with van der Waals surface area (Å²) in [4.78, 5) is 47.5. The molecule has 0 atom stereocenters. The molecular formula is C49H67N9O6. The summed E-state index contributed by atoms with van der Waals surface area (Å²) >= 11 is 0. The maximum atomic E-state index is 11.8. The minimum Gasteiger partial charge on any atom is -0.444 e. The fraction of sp³-hybridized carbons (Fsp3) is 0.388. The molecule has 0 aliphatic heterocycles. The highest BCUT2D eigenvalue weighted by atomic mass is 16.6. The number of benzene rings is 3. The Labute approximate surface area is 378 Å². The molecule has 6 aromatic rings. The lowest BCUT2D eigenvalue weighted by atomic mass is 10.2. The molecule has 0 fully saturated rings. The van der Waals surface area contributed by atoms with Crippen LogP contribution in [-0.4, -0.2) is 63.7 Å². The van der Waals surface area contributed by atoms with Crippen molar-refractivity contribution >= 4 is 35.3 Å². The van der Waals surface area contributed by atoms with Crippen molar-refractivity contribution in [3.8, 4) is 0 Å². The van der Waals surface area contributed by atoms with Gasteiger partial charge in [-0.15, -0.1) is 0 Å². The number of aromatic nitrogens is 6. The quantitative estimate of drug-likeness (QED) is 0.120. The Bertz CT molecular complexity index is 2350. The van der Waals surface area contributed by atoms with E-state index in [2.05, 4.69) is 30.9 Å². The molecule has 0 aliphatic rings. The van der Waals surface area contributed by atoms with Gasteiger partial charge in [0.15, 0.2) is 0 Å². The minimum absolute atomic E-state index is 0.446. The molecule has 3 aromatic heterocycles. The van der Waals surface area contributed by atoms with Gasteiger partial charge in [-0.2, -0.15) is 0 Å². The topological polar surface area (TPSA) is 168 Å². The van der Waals surface area contributed by atoms with Crippen molar-refractivity contribution in [3.05, 3.63) is 145 Å². The molecule has 0 radical (unpaired) electrons. The molecule has 3 heterocycles. The number of hydrogen-bond acceptors (Lipinski definition) is 9. The van der Waals surface area contributed by atoms with Crippen LogP contribution in [0.5, 0.6) is 0 Å². The Morgan fingerprint density at radius 1 is 0.562 bits per heavy atom. The molecule has 0 spiro atoms. The van der Waals surface area contributed by atoms with E-state index in [1.165, 1.54) is 0 Å². The van der Waals surface area contributed by atoms with E-state index in [0.29, 0.717) is 13.1 Å². The monoisotopic (exact) mass is 878 g/mol. The summed E-state index contributed by atoms with van der Waals surface area (Å²) in [5.41, 5.74) is 5.99. The number of carbonyl (C=O) groups excluding carboxylic acids is 3. The molecule has 0 saturated heterocycles. The van der Waals surface area contributed by atoms with Crippen LogP contribution in [0.15, 0.2) is 117 Å². The van der Waals surface area contributed by atoms with E-state index in [1.807, 2.05) is 195 Å². The predicted molar refractivity (Wildman–Crippen MR) is 254 cm³/mol. The standard InChI is InChI=1S/2C16H21N3O2.C15H19N3O2.C2H6/c1-12-9-19(11-17-12)10-13-6-5-7-14(8-13)18-15(20)21-16(2,3)4;1-12-9-17-11-19(12)10-13-6-5-7-14(8-13)18-15(20)21-16(2,3)4;1-15(2,3)20-14(19)17-13-6-4-5-12(9-13)10-18-8-7-16-11-18;1-2/h2*5-9,11H,10H2,1-4H3,(H,18,20);4-9,11H,10H2,1-3H3,(H,17,19);1-2H3. The van der Waals surface area contributed by atoms with Crippen LogP contribution in [0.1, 0.15) is 104 Å². The van der Waals surface area contributed by atoms with Crippen LogP contribution in [0.4, 0.5) is 31.4 Å². The molecule has 3 aromatic carbocycles. The Morgan fingerprint density at radius 3 is 1.33 bits per heavy atom. The molecule has 3 N–H and O–H groups in total. The van der Waals surface area contributed by atoms with Crippen LogP contribution in [0, 0.1) is 13.8 Å². The number of anilines is 3. The first-order chi connectivity index (χ1) is 30.1. The SMILES string of the molecule is CC.CC(C)(C)OC(=O)Nc1cccc(Cn2ccnc2)c1.Cc1cn(Cc2cccc(NC(=O)OC(C)(C)C)c2)cn1.Cc1cncn1Cc1cccc(NC(=O)OC(C)(C)C)c1. The molecule has 344 valence electrons. The zero-order chi connectivity index (χ0) is 47.5. The first-order valence-electron chi connectivity index (χ1n) is 21.3. The molecule has 0 saturated carbocycles. The zero-order valence-electron chi connectivity index (χ0n) is 39.7. The van der Waals surface area contributed by atoms with Gasteiger partial charge in [0.05, 0.1) is 24.7 Å². The maximum Gasteiger partial charge on any atom is 0.412 e. The van der Waals surface area contributed by atoms with Gasteiger partial charge in [-0.1, -0.05) is 50.2 Å². The van der Waals surface area contributed by atoms with Gasteiger partial charge in [0.25, 0.3) is 0 Å². The normalized spacial score (nSPS) is 11.0. The highest BCUT2D eigenvalue weighted by Crippen LogP contribution is 2.18. The summed E-state index contributed by atoms with van der Waals surface area (Å²) in [6, 6.07) is 23.0. The Balaban J connectivity index is 0.000000250. The largest absolute Gasteiger partial charge is 0.444 e. The second-order valence-corrected chi connectivity index (χ2v) is 17.6. The average Bonchev–Trinajstić information content (AvgIpc) is 3.94. The third-order valence-corrected chi connectivity index (χ3v) is 8.04. The molecule has 0 bridgehead atoms. The number of imidazole rings is 3. The van der Waals surface area contributed by atoms with Gasteiger partial charge in [0, 0.05) is 67.2 Å². The average molecular weight is 878 g/mol. The van der Waals surface area contributed by atoms with Crippen LogP contribution in [-0.2, 0) is 33.8 Å². The lowest BCUT2D eigenvalue weighted by molar-refractivity contribution is 0.0624. The molecular weight excluding hydrogens is 811 g/mol. The maximum absolute atomic E-state index is 11.8. The van der Waals surface area contributed by atoms with Crippen molar-refractivity contribution in [3.63, 3.8) is 0 Å². The van der Waals surface area contributed by atoms with Crippen molar-refractivity contribution < 1.29 is 28.6 Å². The summed E-state index contributed by atoms with van der Waals surface area (Å²) in [6.45, 7) is 26.6. The van der Waals surface area contributed by atoms with Gasteiger partial charge >= 0.3 is 18.3 Å². The van der Waals surface area contributed by atoms with Crippen LogP contribution in [0.3, 0.4) is 0 Å². The van der Waals surface area contributed by atoms with Crippen LogP contribution < -0.4 is 16.0 Å². The number of nitrogens with zero attached hydrogens (tertiary/aromatic N) is 6. The summed E-state index contributed by atoms with van der Waals surface area (Å²) in [6.07, 6.45) is 11.4. The highest BCUT2D eigenvalue weighted by Gasteiger charge is 2.18. The molecule has 0 aliphatic carbocycles. The van der Waals surface area contributed by atoms with Gasteiger partial charge in [-0.3, -0.25) is 16.0 Å². The molecule has 15 nitrogen and oxygen atoms in total. The Kier molecular flexibility index (Phi) is 19.4. The van der Waals surface area contributed by atoms with Gasteiger partial charge in [-0.05, 0) is 129 Å². The van der Waals surface area contributed by atoms with Crippen molar-refractivity contribution in [1.82, 2.24) is 28.7 Å². The lowest BCUT2D eigenvalue weighted by Crippen LogP contribution is -2.27. The van der Waals surface area contributed by atoms with Gasteiger partial charge in [0.1, 0.15) is 16.8 Å². The van der Waals surface area contributed by atoms with Crippen molar-refractivity contribution in [2.75, 3.05) is 16.0 Å². The number of nitrogens with one attached hydrogen (secondary N) is 3. The van der Waals surface area contributed by atoms with Crippen LogP contribution in [0.2, 0.25) is 0 Å². The van der Waals surface area contributed by atoms with Crippen molar-refractivity contribution in [2.24, 2.45) is 0 Å². The number of aryl methyl sites for hydroxylation is 2. The number of amides is 3. The molecule has 3 amide bonds. The summed E-state index contributed by atoms with van der Waals surface area (Å²) in [5, 5.41) is 8.22. The van der Waals surface area contributed by atoms with E-state index in [-0.39, 0.29) is 0 Å². The molecule has 0 unspecified atom stereocenters. The highest BCUT2D eigenvalue weighted by molar-refractivity contribution is 5.86. The second kappa shape index (κ2) is 24.1. The Morgan fingerprint density at radius 2 is 0.984 bits per heavy atom. The lowest BCUT2D eigenvalue weighted by Gasteiger charge is -2.19. The van der Waals surface area contributed by atoms with E-state index in [0.717, 1.165) is 51.7 Å². The minimum atomic E-state index is -0.504. The smallest absolute Gasteiger partial charge is 0.412 e. The first kappa shape index (κ1) is 51.5. The first-order valence-corrected chi connectivity index (χ1v) is 21.3. The summed E-state index contributed by atoms with van der Waals surface area (Å²) in [7, 11) is 0. The van der Waals surface area contributed by atoms with Crippen molar-refractivity contribution in [1.29, 1.82) is 0 Å². The van der Waals surface area contributed by atoms with Gasteiger partial charge in [0.2, 0.25) is 0 Å².